The average molecular weight is 301 g/mol. The number of halogens is 1. The van der Waals surface area contributed by atoms with Gasteiger partial charge in [-0.25, -0.2) is 0 Å². The fourth-order valence-corrected chi connectivity index (χ4v) is 2.29. The Morgan fingerprint density at radius 3 is 2.59 bits per heavy atom. The van der Waals surface area contributed by atoms with Crippen molar-refractivity contribution in [2.75, 3.05) is 0 Å². The van der Waals surface area contributed by atoms with Crippen LogP contribution in [0.5, 0.6) is 0 Å². The molecule has 0 saturated carbocycles. The molecule has 0 radical (unpaired) electrons. The highest BCUT2D eigenvalue weighted by atomic mass is 79.9. The second-order valence-electron chi connectivity index (χ2n) is 4.05. The van der Waals surface area contributed by atoms with Crippen molar-refractivity contribution in [1.82, 2.24) is 0 Å². The zero-order chi connectivity index (χ0) is 12.8. The number of aliphatic hydroxyl groups excluding tert-OH is 1. The van der Waals surface area contributed by atoms with Gasteiger partial charge in [-0.05, 0) is 18.1 Å². The summed E-state index contributed by atoms with van der Waals surface area (Å²) >= 11 is 3.33. The molecule has 1 rings (SSSR count). The summed E-state index contributed by atoms with van der Waals surface area (Å²) in [6.45, 7) is 2.00. The SMILES string of the molecule is CCCCC(C(=O)O)C(O)c1ccccc1Br. The molecule has 2 unspecified atom stereocenters. The van der Waals surface area contributed by atoms with E-state index in [2.05, 4.69) is 15.9 Å². The molecular formula is C13H17BrO3. The molecule has 0 spiro atoms. The number of carboxylic acids is 1. The Morgan fingerprint density at radius 2 is 2.06 bits per heavy atom. The minimum Gasteiger partial charge on any atom is -0.481 e. The van der Waals surface area contributed by atoms with Crippen molar-refractivity contribution in [1.29, 1.82) is 0 Å². The largest absolute Gasteiger partial charge is 0.481 e. The summed E-state index contributed by atoms with van der Waals surface area (Å²) in [6, 6.07) is 7.18. The predicted molar refractivity (Wildman–Crippen MR) is 69.8 cm³/mol. The van der Waals surface area contributed by atoms with Gasteiger partial charge in [-0.2, -0.15) is 0 Å². The number of hydrogen-bond acceptors (Lipinski definition) is 2. The Labute approximate surface area is 110 Å². The molecule has 4 heteroatoms. The Kier molecular flexibility index (Phi) is 5.65. The maximum Gasteiger partial charge on any atom is 0.309 e. The third-order valence-electron chi connectivity index (χ3n) is 2.79. The van der Waals surface area contributed by atoms with Crippen LogP contribution >= 0.6 is 15.9 Å². The summed E-state index contributed by atoms with van der Waals surface area (Å²) in [7, 11) is 0. The first-order chi connectivity index (χ1) is 8.07. The van der Waals surface area contributed by atoms with Crippen LogP contribution in [0.15, 0.2) is 28.7 Å². The molecule has 2 N–H and O–H groups in total. The molecule has 0 aromatic heterocycles. The number of unbranched alkanes of at least 4 members (excludes halogenated alkanes) is 1. The minimum absolute atomic E-state index is 0.494. The van der Waals surface area contributed by atoms with Crippen LogP contribution in [0.4, 0.5) is 0 Å². The summed E-state index contributed by atoms with van der Waals surface area (Å²) in [5.74, 6) is -1.68. The predicted octanol–water partition coefficient (Wildman–Crippen LogP) is 3.37. The molecule has 17 heavy (non-hydrogen) atoms. The fraction of sp³-hybridized carbons (Fsp3) is 0.462. The summed E-state index contributed by atoms with van der Waals surface area (Å²) in [5, 5.41) is 19.3. The van der Waals surface area contributed by atoms with Gasteiger partial charge < -0.3 is 10.2 Å². The van der Waals surface area contributed by atoms with Gasteiger partial charge in [-0.15, -0.1) is 0 Å². The van der Waals surface area contributed by atoms with Crippen LogP contribution in [-0.2, 0) is 4.79 Å². The van der Waals surface area contributed by atoms with Crippen LogP contribution in [0, 0.1) is 5.92 Å². The van der Waals surface area contributed by atoms with Crippen LogP contribution < -0.4 is 0 Å². The van der Waals surface area contributed by atoms with Crippen molar-refractivity contribution in [3.8, 4) is 0 Å². The number of aliphatic carboxylic acids is 1. The van der Waals surface area contributed by atoms with Gasteiger partial charge in [0.2, 0.25) is 0 Å². The third-order valence-corrected chi connectivity index (χ3v) is 3.51. The molecule has 0 aliphatic carbocycles. The van der Waals surface area contributed by atoms with Crippen molar-refractivity contribution in [2.24, 2.45) is 5.92 Å². The van der Waals surface area contributed by atoms with Crippen molar-refractivity contribution in [3.05, 3.63) is 34.3 Å². The van der Waals surface area contributed by atoms with Crippen molar-refractivity contribution >= 4 is 21.9 Å². The number of hydrogen-bond donors (Lipinski definition) is 2. The van der Waals surface area contributed by atoms with Gasteiger partial charge in [0.15, 0.2) is 0 Å². The minimum atomic E-state index is -0.963. The van der Waals surface area contributed by atoms with E-state index in [1.54, 1.807) is 18.2 Å². The van der Waals surface area contributed by atoms with Gasteiger partial charge in [0.25, 0.3) is 0 Å². The normalized spacial score (nSPS) is 14.3. The van der Waals surface area contributed by atoms with E-state index < -0.39 is 18.0 Å². The number of carbonyl (C=O) groups is 1. The average Bonchev–Trinajstić information content (AvgIpc) is 2.29. The van der Waals surface area contributed by atoms with Crippen molar-refractivity contribution in [3.63, 3.8) is 0 Å². The Morgan fingerprint density at radius 1 is 1.41 bits per heavy atom. The smallest absolute Gasteiger partial charge is 0.309 e. The first-order valence-electron chi connectivity index (χ1n) is 5.73. The number of rotatable bonds is 6. The maximum absolute atomic E-state index is 11.2. The number of carboxylic acid groups (broad SMARTS) is 1. The molecule has 94 valence electrons. The lowest BCUT2D eigenvalue weighted by Crippen LogP contribution is -2.22. The second kappa shape index (κ2) is 6.77. The highest BCUT2D eigenvalue weighted by molar-refractivity contribution is 9.10. The Balaban J connectivity index is 2.88. The van der Waals surface area contributed by atoms with Crippen LogP contribution in [0.2, 0.25) is 0 Å². The molecule has 0 amide bonds. The van der Waals surface area contributed by atoms with Crippen LogP contribution in [0.1, 0.15) is 37.9 Å². The molecule has 2 atom stereocenters. The third kappa shape index (κ3) is 3.82. The first-order valence-corrected chi connectivity index (χ1v) is 6.52. The van der Waals surface area contributed by atoms with E-state index in [4.69, 9.17) is 5.11 Å². The summed E-state index contributed by atoms with van der Waals surface area (Å²) in [4.78, 5) is 11.2. The molecular weight excluding hydrogens is 284 g/mol. The van der Waals surface area contributed by atoms with E-state index in [1.165, 1.54) is 0 Å². The summed E-state index contributed by atoms with van der Waals surface area (Å²) in [6.07, 6.45) is 1.26. The molecule has 0 bridgehead atoms. The van der Waals surface area contributed by atoms with Gasteiger partial charge in [0, 0.05) is 4.47 Å². The number of aliphatic hydroxyl groups is 1. The van der Waals surface area contributed by atoms with Crippen molar-refractivity contribution < 1.29 is 15.0 Å². The fourth-order valence-electron chi connectivity index (χ4n) is 1.77. The van der Waals surface area contributed by atoms with Crippen molar-refractivity contribution in [2.45, 2.75) is 32.3 Å². The van der Waals surface area contributed by atoms with E-state index in [0.29, 0.717) is 12.0 Å². The zero-order valence-corrected chi connectivity index (χ0v) is 11.4. The molecule has 0 saturated heterocycles. The van der Waals surface area contributed by atoms with Gasteiger partial charge >= 0.3 is 5.97 Å². The standard InChI is InChI=1S/C13H17BrO3/c1-2-3-6-10(13(16)17)12(15)9-7-4-5-8-11(9)14/h4-5,7-8,10,12,15H,2-3,6H2,1H3,(H,16,17). The molecule has 3 nitrogen and oxygen atoms in total. The Bertz CT molecular complexity index is 379. The highest BCUT2D eigenvalue weighted by Gasteiger charge is 2.28. The van der Waals surface area contributed by atoms with Gasteiger partial charge in [0.1, 0.15) is 0 Å². The topological polar surface area (TPSA) is 57.5 Å². The quantitative estimate of drug-likeness (QED) is 0.847. The number of benzene rings is 1. The molecule has 0 aliphatic rings. The lowest BCUT2D eigenvalue weighted by atomic mass is 9.91. The van der Waals surface area contributed by atoms with E-state index in [9.17, 15) is 9.90 Å². The summed E-state index contributed by atoms with van der Waals surface area (Å²) in [5.41, 5.74) is 0.635. The van der Waals surface area contributed by atoms with Crippen LogP contribution in [0.3, 0.4) is 0 Å². The van der Waals surface area contributed by atoms with E-state index >= 15 is 0 Å². The lowest BCUT2D eigenvalue weighted by molar-refractivity contribution is -0.146. The van der Waals surface area contributed by atoms with Gasteiger partial charge in [-0.1, -0.05) is 53.9 Å². The molecule has 0 aliphatic heterocycles. The second-order valence-corrected chi connectivity index (χ2v) is 4.91. The lowest BCUT2D eigenvalue weighted by Gasteiger charge is -2.20. The highest BCUT2D eigenvalue weighted by Crippen LogP contribution is 2.31. The summed E-state index contributed by atoms with van der Waals surface area (Å²) < 4.78 is 0.746. The van der Waals surface area contributed by atoms with E-state index in [0.717, 1.165) is 17.3 Å². The van der Waals surface area contributed by atoms with Gasteiger partial charge in [-0.3, -0.25) is 4.79 Å². The van der Waals surface area contributed by atoms with Crippen LogP contribution in [-0.4, -0.2) is 16.2 Å². The first kappa shape index (κ1) is 14.2. The zero-order valence-electron chi connectivity index (χ0n) is 9.77. The molecule has 1 aromatic rings. The van der Waals surface area contributed by atoms with Gasteiger partial charge in [0.05, 0.1) is 12.0 Å². The molecule has 1 aromatic carbocycles. The maximum atomic E-state index is 11.2. The van der Waals surface area contributed by atoms with Crippen LogP contribution in [0.25, 0.3) is 0 Å². The monoisotopic (exact) mass is 300 g/mol. The van der Waals surface area contributed by atoms with E-state index in [-0.39, 0.29) is 0 Å². The molecule has 0 fully saturated rings. The molecule has 0 heterocycles. The Hall–Kier alpha value is -0.870. The van der Waals surface area contributed by atoms with E-state index in [1.807, 2.05) is 13.0 Å².